The molecule has 2 heterocycles. The van der Waals surface area contributed by atoms with Crippen LogP contribution in [0, 0.1) is 13.8 Å². The van der Waals surface area contributed by atoms with Gasteiger partial charge in [0.1, 0.15) is 17.2 Å². The van der Waals surface area contributed by atoms with E-state index in [9.17, 15) is 0 Å². The Balaban J connectivity index is 2.29. The van der Waals surface area contributed by atoms with Gasteiger partial charge in [0.05, 0.1) is 5.02 Å². The minimum Gasteiger partial charge on any atom is -0.383 e. The summed E-state index contributed by atoms with van der Waals surface area (Å²) in [5.74, 6) is 0.645. The van der Waals surface area contributed by atoms with Crippen molar-refractivity contribution in [2.24, 2.45) is 0 Å². The number of nitrogen functional groups attached to an aromatic ring is 1. The highest BCUT2D eigenvalue weighted by molar-refractivity contribution is 9.10. The first-order valence-electron chi connectivity index (χ1n) is 6.18. The average molecular weight is 351 g/mol. The number of nitrogens with zero attached hydrogens (tertiary/aromatic N) is 2. The predicted octanol–water partition coefficient (Wildman–Crippen LogP) is 4.62. The van der Waals surface area contributed by atoms with E-state index in [1.807, 2.05) is 35.6 Å². The lowest BCUT2D eigenvalue weighted by atomic mass is 10.1. The normalized spacial score (nSPS) is 11.2. The van der Waals surface area contributed by atoms with Crippen molar-refractivity contribution in [1.82, 2.24) is 9.38 Å². The number of pyridine rings is 1. The van der Waals surface area contributed by atoms with Crippen molar-refractivity contribution < 1.29 is 0 Å². The molecule has 0 unspecified atom stereocenters. The third-order valence-corrected chi connectivity index (χ3v) is 4.49. The second-order valence-electron chi connectivity index (χ2n) is 4.84. The summed E-state index contributed by atoms with van der Waals surface area (Å²) in [5, 5.41) is 0.670. The first kappa shape index (κ1) is 13.5. The molecule has 102 valence electrons. The highest BCUT2D eigenvalue weighted by Gasteiger charge is 2.14. The van der Waals surface area contributed by atoms with Crippen molar-refractivity contribution in [1.29, 1.82) is 0 Å². The van der Waals surface area contributed by atoms with Crippen molar-refractivity contribution in [3.63, 3.8) is 0 Å². The van der Waals surface area contributed by atoms with E-state index in [1.165, 1.54) is 5.56 Å². The smallest absolute Gasteiger partial charge is 0.139 e. The zero-order valence-electron chi connectivity index (χ0n) is 11.1. The fourth-order valence-electron chi connectivity index (χ4n) is 2.41. The number of imidazole rings is 1. The quantitative estimate of drug-likeness (QED) is 0.696. The number of benzene rings is 1. The number of aryl methyl sites for hydroxylation is 2. The van der Waals surface area contributed by atoms with Crippen molar-refractivity contribution in [2.75, 3.05) is 5.73 Å². The molecule has 0 bridgehead atoms. The Morgan fingerprint density at radius 1 is 1.20 bits per heavy atom. The first-order chi connectivity index (χ1) is 9.47. The molecule has 5 heteroatoms. The average Bonchev–Trinajstić information content (AvgIpc) is 2.70. The molecule has 0 aliphatic carbocycles. The molecule has 0 radical (unpaired) electrons. The molecule has 0 aliphatic rings. The van der Waals surface area contributed by atoms with Crippen LogP contribution < -0.4 is 5.73 Å². The number of hydrogen-bond donors (Lipinski definition) is 1. The molecule has 0 fully saturated rings. The second kappa shape index (κ2) is 4.79. The molecule has 3 nitrogen and oxygen atoms in total. The molecule has 2 aromatic heterocycles. The van der Waals surface area contributed by atoms with Gasteiger partial charge in [-0.3, -0.25) is 4.40 Å². The molecule has 0 saturated heterocycles. The summed E-state index contributed by atoms with van der Waals surface area (Å²) in [6.45, 7) is 4.08. The highest BCUT2D eigenvalue weighted by Crippen LogP contribution is 2.32. The Kier molecular flexibility index (Phi) is 3.22. The number of nitrogens with two attached hydrogens (primary N) is 1. The lowest BCUT2D eigenvalue weighted by Gasteiger charge is -2.04. The summed E-state index contributed by atoms with van der Waals surface area (Å²) in [6, 6.07) is 9.81. The summed E-state index contributed by atoms with van der Waals surface area (Å²) >= 11 is 9.46. The van der Waals surface area contributed by atoms with E-state index < -0.39 is 0 Å². The predicted molar refractivity (Wildman–Crippen MR) is 87.2 cm³/mol. The Bertz CT molecular complexity index is 824. The number of rotatable bonds is 1. The fraction of sp³-hybridized carbons (Fsp3) is 0.133. The maximum atomic E-state index is 6.26. The van der Waals surface area contributed by atoms with E-state index in [4.69, 9.17) is 17.3 Å². The maximum Gasteiger partial charge on any atom is 0.139 e. The Hall–Kier alpha value is -1.52. The summed E-state index contributed by atoms with van der Waals surface area (Å²) in [4.78, 5) is 4.65. The van der Waals surface area contributed by atoms with E-state index in [0.29, 0.717) is 10.8 Å². The number of hydrogen-bond acceptors (Lipinski definition) is 2. The molecule has 0 saturated carbocycles. The van der Waals surface area contributed by atoms with Crippen LogP contribution in [-0.4, -0.2) is 9.38 Å². The topological polar surface area (TPSA) is 43.3 Å². The van der Waals surface area contributed by atoms with E-state index in [2.05, 4.69) is 33.9 Å². The van der Waals surface area contributed by atoms with Gasteiger partial charge in [-0.05, 0) is 59.6 Å². The lowest BCUT2D eigenvalue weighted by molar-refractivity contribution is 1.09. The van der Waals surface area contributed by atoms with Crippen LogP contribution in [0.4, 0.5) is 5.82 Å². The molecule has 3 rings (SSSR count). The summed E-state index contributed by atoms with van der Waals surface area (Å²) in [7, 11) is 0. The molecular formula is C15H13BrClN3. The number of halogens is 2. The molecule has 0 spiro atoms. The number of aromatic nitrogens is 2. The molecule has 3 aromatic rings. The summed E-state index contributed by atoms with van der Waals surface area (Å²) < 4.78 is 2.80. The highest BCUT2D eigenvalue weighted by atomic mass is 79.9. The van der Waals surface area contributed by atoms with Gasteiger partial charge in [-0.15, -0.1) is 0 Å². The van der Waals surface area contributed by atoms with Gasteiger partial charge in [0.15, 0.2) is 0 Å². The third kappa shape index (κ3) is 2.09. The Morgan fingerprint density at radius 2 is 1.95 bits per heavy atom. The van der Waals surface area contributed by atoms with Gasteiger partial charge in [0.2, 0.25) is 0 Å². The van der Waals surface area contributed by atoms with Gasteiger partial charge >= 0.3 is 0 Å². The second-order valence-corrected chi connectivity index (χ2v) is 6.10. The molecule has 1 aromatic carbocycles. The standard InChI is InChI=1S/C15H13BrClN3/c1-8-5-9(2)20-13(6-8)19-14(15(20)18)10-3-4-12(17)11(16)7-10/h3-7H,18H2,1-2H3. The largest absolute Gasteiger partial charge is 0.383 e. The Labute approximate surface area is 130 Å². The van der Waals surface area contributed by atoms with Crippen molar-refractivity contribution in [3.05, 3.63) is 51.1 Å². The lowest BCUT2D eigenvalue weighted by Crippen LogP contribution is -1.98. The van der Waals surface area contributed by atoms with Crippen molar-refractivity contribution >= 4 is 39.0 Å². The maximum absolute atomic E-state index is 6.26. The zero-order chi connectivity index (χ0) is 14.4. The van der Waals surface area contributed by atoms with Gasteiger partial charge in [-0.2, -0.15) is 0 Å². The van der Waals surface area contributed by atoms with E-state index in [-0.39, 0.29) is 0 Å². The van der Waals surface area contributed by atoms with Gasteiger partial charge in [0, 0.05) is 15.7 Å². The summed E-state index contributed by atoms with van der Waals surface area (Å²) in [5.41, 5.74) is 11.1. The molecular weight excluding hydrogens is 338 g/mol. The molecule has 0 aliphatic heterocycles. The fourth-order valence-corrected chi connectivity index (χ4v) is 2.91. The molecule has 0 amide bonds. The van der Waals surface area contributed by atoms with Crippen LogP contribution in [0.2, 0.25) is 5.02 Å². The van der Waals surface area contributed by atoms with Crippen LogP contribution in [0.1, 0.15) is 11.3 Å². The first-order valence-corrected chi connectivity index (χ1v) is 7.35. The van der Waals surface area contributed by atoms with Gasteiger partial charge in [0.25, 0.3) is 0 Å². The van der Waals surface area contributed by atoms with Crippen LogP contribution in [0.15, 0.2) is 34.8 Å². The van der Waals surface area contributed by atoms with Crippen LogP contribution in [0.25, 0.3) is 16.9 Å². The number of anilines is 1. The SMILES string of the molecule is Cc1cc(C)n2c(N)c(-c3ccc(Cl)c(Br)c3)nc2c1. The van der Waals surface area contributed by atoms with Crippen LogP contribution in [-0.2, 0) is 0 Å². The molecule has 20 heavy (non-hydrogen) atoms. The van der Waals surface area contributed by atoms with E-state index >= 15 is 0 Å². The third-order valence-electron chi connectivity index (χ3n) is 3.28. The summed E-state index contributed by atoms with van der Waals surface area (Å²) in [6.07, 6.45) is 0. The van der Waals surface area contributed by atoms with Crippen LogP contribution in [0.5, 0.6) is 0 Å². The van der Waals surface area contributed by atoms with Crippen LogP contribution >= 0.6 is 27.5 Å². The van der Waals surface area contributed by atoms with Gasteiger partial charge < -0.3 is 5.73 Å². The van der Waals surface area contributed by atoms with Gasteiger partial charge in [-0.1, -0.05) is 17.7 Å². The molecule has 0 atom stereocenters. The van der Waals surface area contributed by atoms with E-state index in [0.717, 1.165) is 27.1 Å². The monoisotopic (exact) mass is 349 g/mol. The minimum atomic E-state index is 0.645. The van der Waals surface area contributed by atoms with Crippen molar-refractivity contribution in [3.8, 4) is 11.3 Å². The Morgan fingerprint density at radius 3 is 2.65 bits per heavy atom. The van der Waals surface area contributed by atoms with Crippen LogP contribution in [0.3, 0.4) is 0 Å². The van der Waals surface area contributed by atoms with Gasteiger partial charge in [-0.25, -0.2) is 4.98 Å². The van der Waals surface area contributed by atoms with Crippen molar-refractivity contribution in [2.45, 2.75) is 13.8 Å². The molecule has 2 N–H and O–H groups in total. The number of fused-ring (bicyclic) bond motifs is 1. The minimum absolute atomic E-state index is 0.645. The van der Waals surface area contributed by atoms with E-state index in [1.54, 1.807) is 0 Å². The zero-order valence-corrected chi connectivity index (χ0v) is 13.5.